The minimum Gasteiger partial charge on any atom is -0.496 e. The number of nitrogens with zero attached hydrogens (tertiary/aromatic N) is 1. The molecule has 1 aromatic carbocycles. The van der Waals surface area contributed by atoms with Gasteiger partial charge >= 0.3 is 0 Å². The molecule has 1 aliphatic carbocycles. The summed E-state index contributed by atoms with van der Waals surface area (Å²) >= 11 is 0. The van der Waals surface area contributed by atoms with E-state index in [0.29, 0.717) is 18.7 Å². The summed E-state index contributed by atoms with van der Waals surface area (Å²) in [4.78, 5) is 37.1. The van der Waals surface area contributed by atoms with Gasteiger partial charge < -0.3 is 21.1 Å². The summed E-state index contributed by atoms with van der Waals surface area (Å²) in [7, 11) is 5.72. The number of carbonyl (C=O) groups is 3. The van der Waals surface area contributed by atoms with E-state index in [1.165, 1.54) is 61.6 Å². The van der Waals surface area contributed by atoms with Crippen LogP contribution in [0, 0.1) is 0 Å². The Morgan fingerprint density at radius 3 is 2.48 bits per heavy atom. The molecule has 4 N–H and O–H groups in total. The Hall–Kier alpha value is -2.27. The summed E-state index contributed by atoms with van der Waals surface area (Å²) in [5, 5.41) is 6.83. The number of rotatable bonds is 23. The van der Waals surface area contributed by atoms with Crippen molar-refractivity contribution < 1.29 is 19.1 Å². The van der Waals surface area contributed by atoms with E-state index < -0.39 is 0 Å². The summed E-state index contributed by atoms with van der Waals surface area (Å²) in [6, 6.07) is 8.28. The number of methoxy groups -OCH3 is 1. The number of nitrogens with two attached hydrogens (primary N) is 1. The van der Waals surface area contributed by atoms with Crippen LogP contribution in [-0.4, -0.2) is 73.2 Å². The van der Waals surface area contributed by atoms with Gasteiger partial charge in [-0.25, -0.2) is 0 Å². The standard InChI is InChI=1S/C20H30N2O3S2.C16H28N2O/c23-16-9-10-19(24)18(15-16)21-12-5-1-2-6-13-22-20(25)8-4-3-7-17-11-14-26-27-17;1-3-18(13-9-5-4-8-12-17)14-15-10-6-7-11-16(15)19-2/h9-10,15,17,21H,1-8,11-14H2,(H,22,25);6-7,10-11H,3-5,8-9,12-14,17H2,1-2H3. The van der Waals surface area contributed by atoms with Crippen molar-refractivity contribution >= 4 is 39.1 Å². The van der Waals surface area contributed by atoms with Gasteiger partial charge in [-0.15, -0.1) is 0 Å². The van der Waals surface area contributed by atoms with Crippen molar-refractivity contribution in [3.63, 3.8) is 0 Å². The number of allylic oxidation sites excluding steroid dienone is 3. The number of carbonyl (C=O) groups excluding carboxylic acids is 3. The molecule has 0 aromatic heterocycles. The molecule has 1 heterocycles. The monoisotopic (exact) mass is 674 g/mol. The Morgan fingerprint density at radius 1 is 0.978 bits per heavy atom. The Balaban J connectivity index is 0.000000341. The summed E-state index contributed by atoms with van der Waals surface area (Å²) in [5.74, 6) is 2.15. The quantitative estimate of drug-likeness (QED) is 0.0672. The van der Waals surface area contributed by atoms with Crippen LogP contribution >= 0.6 is 21.6 Å². The average Bonchev–Trinajstić information content (AvgIpc) is 3.59. The van der Waals surface area contributed by atoms with E-state index in [-0.39, 0.29) is 17.5 Å². The predicted octanol–water partition coefficient (Wildman–Crippen LogP) is 6.59. The van der Waals surface area contributed by atoms with Crippen molar-refractivity contribution in [3.05, 3.63) is 53.8 Å². The maximum absolute atomic E-state index is 11.8. The van der Waals surface area contributed by atoms with Gasteiger partial charge in [0, 0.05) is 48.7 Å². The lowest BCUT2D eigenvalue weighted by Gasteiger charge is -2.21. The van der Waals surface area contributed by atoms with Crippen LogP contribution in [0.25, 0.3) is 0 Å². The second kappa shape index (κ2) is 25.8. The number of ketones is 2. The first-order valence-electron chi connectivity index (χ1n) is 17.3. The van der Waals surface area contributed by atoms with Crippen LogP contribution in [0.4, 0.5) is 0 Å². The summed E-state index contributed by atoms with van der Waals surface area (Å²) in [5.41, 5.74) is 7.17. The third-order valence-electron chi connectivity index (χ3n) is 8.06. The van der Waals surface area contributed by atoms with Crippen LogP contribution in [0.2, 0.25) is 0 Å². The second-order valence-corrected chi connectivity index (χ2v) is 14.6. The zero-order valence-corrected chi connectivity index (χ0v) is 29.9. The molecular formula is C36H58N4O4S2. The summed E-state index contributed by atoms with van der Waals surface area (Å²) in [6.07, 6.45) is 18.2. The topological polar surface area (TPSA) is 114 Å². The van der Waals surface area contributed by atoms with Gasteiger partial charge in [0.15, 0.2) is 5.78 Å². The highest BCUT2D eigenvalue weighted by atomic mass is 33.1. The minimum atomic E-state index is -0.149. The Kier molecular flexibility index (Phi) is 22.4. The van der Waals surface area contributed by atoms with Gasteiger partial charge in [0.25, 0.3) is 0 Å². The van der Waals surface area contributed by atoms with Crippen LogP contribution in [-0.2, 0) is 20.9 Å². The molecule has 0 bridgehead atoms. The third-order valence-corrected chi connectivity index (χ3v) is 11.1. The number of para-hydroxylation sites is 1. The van der Waals surface area contributed by atoms with Gasteiger partial charge in [0.1, 0.15) is 5.75 Å². The molecular weight excluding hydrogens is 617 g/mol. The minimum absolute atomic E-state index is 0.141. The predicted molar refractivity (Wildman–Crippen MR) is 195 cm³/mol. The first kappa shape index (κ1) is 39.9. The number of amides is 1. The van der Waals surface area contributed by atoms with Crippen molar-refractivity contribution in [2.75, 3.05) is 45.6 Å². The Morgan fingerprint density at radius 2 is 1.74 bits per heavy atom. The van der Waals surface area contributed by atoms with Crippen LogP contribution in [0.15, 0.2) is 48.2 Å². The van der Waals surface area contributed by atoms with Crippen LogP contribution in [0.5, 0.6) is 5.75 Å². The fourth-order valence-electron chi connectivity index (χ4n) is 5.27. The number of benzene rings is 1. The van der Waals surface area contributed by atoms with E-state index >= 15 is 0 Å². The second-order valence-electron chi connectivity index (χ2n) is 11.8. The van der Waals surface area contributed by atoms with E-state index in [0.717, 1.165) is 88.7 Å². The molecule has 0 saturated carbocycles. The SMILES string of the molecule is CCN(CCCCCCN)Cc1ccccc1OC.O=C1C=CC(=O)C(NCCCCCCNC(=O)CCCCC2CCSS2)=C1. The Labute approximate surface area is 285 Å². The van der Waals surface area contributed by atoms with Crippen molar-refractivity contribution in [3.8, 4) is 5.75 Å². The summed E-state index contributed by atoms with van der Waals surface area (Å²) in [6.45, 7) is 7.66. The molecule has 1 unspecified atom stereocenters. The first-order chi connectivity index (χ1) is 22.5. The molecule has 3 rings (SSSR count). The molecule has 8 nitrogen and oxygen atoms in total. The zero-order chi connectivity index (χ0) is 33.2. The van der Waals surface area contributed by atoms with E-state index in [1.54, 1.807) is 7.11 Å². The number of unbranched alkanes of at least 4 members (excludes halogenated alkanes) is 7. The van der Waals surface area contributed by atoms with E-state index in [1.807, 2.05) is 33.7 Å². The smallest absolute Gasteiger partial charge is 0.219 e. The molecule has 258 valence electrons. The number of hydrogen-bond donors (Lipinski definition) is 3. The number of hydrogen-bond acceptors (Lipinski definition) is 9. The lowest BCUT2D eigenvalue weighted by Crippen LogP contribution is -2.24. The molecule has 46 heavy (non-hydrogen) atoms. The Bertz CT molecular complexity index is 1080. The molecule has 1 saturated heterocycles. The van der Waals surface area contributed by atoms with Crippen LogP contribution in [0.1, 0.15) is 96.0 Å². The largest absolute Gasteiger partial charge is 0.496 e. The van der Waals surface area contributed by atoms with Gasteiger partial charge in [-0.05, 0) is 82.8 Å². The summed E-state index contributed by atoms with van der Waals surface area (Å²) < 4.78 is 5.41. The normalized spacial score (nSPS) is 15.8. The highest BCUT2D eigenvalue weighted by molar-refractivity contribution is 8.77. The van der Waals surface area contributed by atoms with Gasteiger partial charge in [-0.2, -0.15) is 0 Å². The van der Waals surface area contributed by atoms with Gasteiger partial charge in [-0.3, -0.25) is 19.3 Å². The van der Waals surface area contributed by atoms with Crippen molar-refractivity contribution in [2.24, 2.45) is 5.73 Å². The maximum Gasteiger partial charge on any atom is 0.219 e. The molecule has 1 fully saturated rings. The van der Waals surface area contributed by atoms with E-state index in [9.17, 15) is 14.4 Å². The third kappa shape index (κ3) is 18.2. The fraction of sp³-hybridized carbons (Fsp3) is 0.639. The highest BCUT2D eigenvalue weighted by Crippen LogP contribution is 2.39. The number of ether oxygens (including phenoxy) is 1. The molecule has 1 amide bonds. The maximum atomic E-state index is 11.8. The molecule has 1 aliphatic heterocycles. The van der Waals surface area contributed by atoms with Crippen molar-refractivity contribution in [1.29, 1.82) is 0 Å². The van der Waals surface area contributed by atoms with Gasteiger partial charge in [0.2, 0.25) is 11.7 Å². The van der Waals surface area contributed by atoms with Gasteiger partial charge in [-0.1, -0.05) is 78.8 Å². The molecule has 0 radical (unpaired) electrons. The zero-order valence-electron chi connectivity index (χ0n) is 28.2. The average molecular weight is 675 g/mol. The van der Waals surface area contributed by atoms with E-state index in [2.05, 4.69) is 34.6 Å². The fourth-order valence-corrected chi connectivity index (χ4v) is 8.30. The van der Waals surface area contributed by atoms with Crippen LogP contribution < -0.4 is 21.1 Å². The molecule has 10 heteroatoms. The lowest BCUT2D eigenvalue weighted by atomic mass is 10.1. The molecule has 0 spiro atoms. The molecule has 1 aromatic rings. The highest BCUT2D eigenvalue weighted by Gasteiger charge is 2.16. The molecule has 1 atom stereocenters. The van der Waals surface area contributed by atoms with Crippen molar-refractivity contribution in [1.82, 2.24) is 15.5 Å². The molecule has 2 aliphatic rings. The van der Waals surface area contributed by atoms with E-state index in [4.69, 9.17) is 10.5 Å². The van der Waals surface area contributed by atoms with Crippen molar-refractivity contribution in [2.45, 2.75) is 102 Å². The first-order valence-corrected chi connectivity index (χ1v) is 19.7. The number of nitrogens with one attached hydrogen (secondary N) is 2. The van der Waals surface area contributed by atoms with Crippen LogP contribution in [0.3, 0.4) is 0 Å². The van der Waals surface area contributed by atoms with Gasteiger partial charge in [0.05, 0.1) is 12.8 Å². The lowest BCUT2D eigenvalue weighted by molar-refractivity contribution is -0.121.